The van der Waals surface area contributed by atoms with Crippen LogP contribution in [-0.4, -0.2) is 21.8 Å². The van der Waals surface area contributed by atoms with Crippen LogP contribution in [0.4, 0.5) is 0 Å². The molecule has 0 bridgehead atoms. The molecule has 0 saturated carbocycles. The molecule has 1 atom stereocenters. The van der Waals surface area contributed by atoms with E-state index >= 15 is 0 Å². The van der Waals surface area contributed by atoms with Crippen molar-refractivity contribution < 1.29 is 0 Å². The fourth-order valence-electron chi connectivity index (χ4n) is 1.17. The van der Waals surface area contributed by atoms with Crippen LogP contribution in [0.2, 0.25) is 0 Å². The Morgan fingerprint density at radius 2 is 1.92 bits per heavy atom. The number of rotatable bonds is 3. The molecule has 0 saturated heterocycles. The van der Waals surface area contributed by atoms with Crippen molar-refractivity contribution in [3.05, 3.63) is 11.6 Å². The number of aromatic nitrogens is 3. The number of hydrogen-bond acceptors (Lipinski definition) is 3. The van der Waals surface area contributed by atoms with Gasteiger partial charge < -0.3 is 5.32 Å². The van der Waals surface area contributed by atoms with Gasteiger partial charge in [-0.25, -0.2) is 4.98 Å². The third-order valence-electron chi connectivity index (χ3n) is 2.15. The van der Waals surface area contributed by atoms with E-state index in [1.54, 1.807) is 0 Å². The second kappa shape index (κ2) is 3.87. The first kappa shape index (κ1) is 10.2. The molecule has 74 valence electrons. The van der Waals surface area contributed by atoms with Crippen LogP contribution < -0.4 is 5.32 Å². The molecule has 1 N–H and O–H groups in total. The van der Waals surface area contributed by atoms with Gasteiger partial charge in [0.15, 0.2) is 5.82 Å². The molecule has 0 aliphatic heterocycles. The van der Waals surface area contributed by atoms with Gasteiger partial charge in [0.25, 0.3) is 0 Å². The molecule has 0 aliphatic rings. The van der Waals surface area contributed by atoms with E-state index < -0.39 is 0 Å². The van der Waals surface area contributed by atoms with Crippen molar-refractivity contribution in [3.8, 4) is 0 Å². The molecular weight excluding hydrogens is 164 g/mol. The van der Waals surface area contributed by atoms with Gasteiger partial charge >= 0.3 is 0 Å². The lowest BCUT2D eigenvalue weighted by atomic mass is 10.2. The summed E-state index contributed by atoms with van der Waals surface area (Å²) in [6, 6.07) is 0.255. The molecule has 0 spiro atoms. The molecule has 4 heteroatoms. The molecule has 1 aromatic heterocycles. The Labute approximate surface area is 79.4 Å². The standard InChI is InChI=1S/C9H18N4/c1-6(2)8-11-9(7(3)10-4)13(5)12-8/h6-7,10H,1-5H3. The summed E-state index contributed by atoms with van der Waals surface area (Å²) < 4.78 is 1.84. The molecule has 0 amide bonds. The summed E-state index contributed by atoms with van der Waals surface area (Å²) in [6.45, 7) is 6.28. The van der Waals surface area contributed by atoms with Gasteiger partial charge in [-0.3, -0.25) is 4.68 Å². The van der Waals surface area contributed by atoms with Crippen molar-refractivity contribution in [2.24, 2.45) is 7.05 Å². The van der Waals surface area contributed by atoms with Crippen molar-refractivity contribution in [1.29, 1.82) is 0 Å². The van der Waals surface area contributed by atoms with Gasteiger partial charge in [-0.15, -0.1) is 0 Å². The molecular formula is C9H18N4. The smallest absolute Gasteiger partial charge is 0.153 e. The van der Waals surface area contributed by atoms with E-state index in [4.69, 9.17) is 0 Å². The van der Waals surface area contributed by atoms with Crippen LogP contribution >= 0.6 is 0 Å². The summed E-state index contributed by atoms with van der Waals surface area (Å²) in [4.78, 5) is 4.47. The lowest BCUT2D eigenvalue weighted by Gasteiger charge is -2.07. The van der Waals surface area contributed by atoms with Crippen LogP contribution in [0.5, 0.6) is 0 Å². The van der Waals surface area contributed by atoms with E-state index in [9.17, 15) is 0 Å². The highest BCUT2D eigenvalue weighted by Gasteiger charge is 2.13. The normalized spacial score (nSPS) is 13.7. The molecule has 0 aliphatic carbocycles. The zero-order chi connectivity index (χ0) is 10.0. The Balaban J connectivity index is 2.96. The van der Waals surface area contributed by atoms with Crippen LogP contribution in [-0.2, 0) is 7.05 Å². The minimum atomic E-state index is 0.255. The van der Waals surface area contributed by atoms with Crippen LogP contribution in [0.3, 0.4) is 0 Å². The molecule has 1 rings (SSSR count). The second-order valence-electron chi connectivity index (χ2n) is 3.62. The summed E-state index contributed by atoms with van der Waals surface area (Å²) >= 11 is 0. The monoisotopic (exact) mass is 182 g/mol. The number of hydrogen-bond donors (Lipinski definition) is 1. The maximum absolute atomic E-state index is 4.47. The molecule has 1 aromatic rings. The van der Waals surface area contributed by atoms with E-state index in [0.29, 0.717) is 5.92 Å². The number of nitrogens with zero attached hydrogens (tertiary/aromatic N) is 3. The summed E-state index contributed by atoms with van der Waals surface area (Å²) in [5.74, 6) is 2.30. The number of nitrogens with one attached hydrogen (secondary N) is 1. The average molecular weight is 182 g/mol. The fourth-order valence-corrected chi connectivity index (χ4v) is 1.17. The minimum Gasteiger partial charge on any atom is -0.311 e. The highest BCUT2D eigenvalue weighted by Crippen LogP contribution is 2.13. The van der Waals surface area contributed by atoms with Gasteiger partial charge in [-0.1, -0.05) is 13.8 Å². The van der Waals surface area contributed by atoms with Crippen LogP contribution in [0.1, 0.15) is 44.4 Å². The van der Waals surface area contributed by atoms with Crippen molar-refractivity contribution in [1.82, 2.24) is 20.1 Å². The SMILES string of the molecule is CNC(C)c1nc(C(C)C)nn1C. The predicted octanol–water partition coefficient (Wildman–Crippen LogP) is 1.22. The molecule has 0 radical (unpaired) electrons. The largest absolute Gasteiger partial charge is 0.311 e. The van der Waals surface area contributed by atoms with Gasteiger partial charge in [0.05, 0.1) is 6.04 Å². The highest BCUT2D eigenvalue weighted by atomic mass is 15.3. The van der Waals surface area contributed by atoms with Crippen molar-refractivity contribution in [3.63, 3.8) is 0 Å². The van der Waals surface area contributed by atoms with Gasteiger partial charge in [0.1, 0.15) is 5.82 Å². The molecule has 4 nitrogen and oxygen atoms in total. The van der Waals surface area contributed by atoms with E-state index in [2.05, 4.69) is 36.2 Å². The van der Waals surface area contributed by atoms with E-state index in [1.807, 2.05) is 18.8 Å². The quantitative estimate of drug-likeness (QED) is 0.764. The first-order valence-corrected chi connectivity index (χ1v) is 4.64. The van der Waals surface area contributed by atoms with Crippen molar-refractivity contribution in [2.45, 2.75) is 32.7 Å². The highest BCUT2D eigenvalue weighted by molar-refractivity contribution is 5.00. The van der Waals surface area contributed by atoms with Crippen molar-refractivity contribution in [2.75, 3.05) is 7.05 Å². The lowest BCUT2D eigenvalue weighted by molar-refractivity contribution is 0.564. The first-order valence-electron chi connectivity index (χ1n) is 4.64. The Morgan fingerprint density at radius 3 is 2.31 bits per heavy atom. The first-order chi connectivity index (χ1) is 6.06. The molecule has 1 heterocycles. The zero-order valence-corrected chi connectivity index (χ0v) is 9.00. The maximum atomic E-state index is 4.47. The topological polar surface area (TPSA) is 42.7 Å². The Morgan fingerprint density at radius 1 is 1.31 bits per heavy atom. The third-order valence-corrected chi connectivity index (χ3v) is 2.15. The van der Waals surface area contributed by atoms with Crippen LogP contribution in [0.25, 0.3) is 0 Å². The van der Waals surface area contributed by atoms with E-state index in [1.165, 1.54) is 0 Å². The predicted molar refractivity (Wildman–Crippen MR) is 52.6 cm³/mol. The third kappa shape index (κ3) is 2.06. The van der Waals surface area contributed by atoms with Crippen LogP contribution in [0.15, 0.2) is 0 Å². The van der Waals surface area contributed by atoms with Gasteiger partial charge in [0.2, 0.25) is 0 Å². The molecule has 0 aromatic carbocycles. The average Bonchev–Trinajstić information content (AvgIpc) is 2.46. The van der Waals surface area contributed by atoms with E-state index in [0.717, 1.165) is 11.6 Å². The second-order valence-corrected chi connectivity index (χ2v) is 3.62. The Bertz CT molecular complexity index is 277. The van der Waals surface area contributed by atoms with Crippen molar-refractivity contribution >= 4 is 0 Å². The number of aryl methyl sites for hydroxylation is 1. The molecule has 0 fully saturated rings. The molecule has 13 heavy (non-hydrogen) atoms. The Kier molecular flexibility index (Phi) is 3.03. The zero-order valence-electron chi connectivity index (χ0n) is 9.00. The van der Waals surface area contributed by atoms with Gasteiger partial charge in [0, 0.05) is 13.0 Å². The lowest BCUT2D eigenvalue weighted by Crippen LogP contribution is -2.16. The van der Waals surface area contributed by atoms with E-state index in [-0.39, 0.29) is 6.04 Å². The fraction of sp³-hybridized carbons (Fsp3) is 0.778. The molecule has 1 unspecified atom stereocenters. The van der Waals surface area contributed by atoms with Gasteiger partial charge in [-0.2, -0.15) is 5.10 Å². The summed E-state index contributed by atoms with van der Waals surface area (Å²) in [7, 11) is 3.86. The minimum absolute atomic E-state index is 0.255. The maximum Gasteiger partial charge on any atom is 0.153 e. The van der Waals surface area contributed by atoms with Crippen LogP contribution in [0, 0.1) is 0 Å². The Hall–Kier alpha value is -0.900. The summed E-state index contributed by atoms with van der Waals surface area (Å²) in [6.07, 6.45) is 0. The summed E-state index contributed by atoms with van der Waals surface area (Å²) in [5, 5.41) is 7.50. The summed E-state index contributed by atoms with van der Waals surface area (Å²) in [5.41, 5.74) is 0. The van der Waals surface area contributed by atoms with Gasteiger partial charge in [-0.05, 0) is 14.0 Å².